The van der Waals surface area contributed by atoms with Crippen LogP contribution in [0.4, 0.5) is 0 Å². The molecule has 0 amide bonds. The van der Waals surface area contributed by atoms with Crippen molar-refractivity contribution < 1.29 is 0 Å². The highest BCUT2D eigenvalue weighted by molar-refractivity contribution is 8.00. The molecule has 0 aromatic carbocycles. The molecule has 7 heteroatoms. The third kappa shape index (κ3) is 2.67. The molecule has 15 heavy (non-hydrogen) atoms. The van der Waals surface area contributed by atoms with E-state index in [0.717, 1.165) is 12.2 Å². The number of aromatic nitrogens is 4. The molecular formula is C8H16N6S. The number of tetrazole rings is 1. The van der Waals surface area contributed by atoms with E-state index in [4.69, 9.17) is 5.84 Å². The zero-order valence-electron chi connectivity index (χ0n) is 8.76. The Kier molecular flexibility index (Phi) is 3.55. The normalized spacial score (nSPS) is 23.2. The van der Waals surface area contributed by atoms with Gasteiger partial charge in [-0.05, 0) is 23.8 Å². The molecule has 1 aromatic heterocycles. The van der Waals surface area contributed by atoms with Gasteiger partial charge in [-0.2, -0.15) is 16.6 Å². The average molecular weight is 228 g/mol. The minimum Gasteiger partial charge on any atom is -0.271 e. The van der Waals surface area contributed by atoms with Crippen molar-refractivity contribution in [3.05, 3.63) is 5.82 Å². The van der Waals surface area contributed by atoms with Crippen molar-refractivity contribution in [3.8, 4) is 0 Å². The monoisotopic (exact) mass is 228 g/mol. The minimum atomic E-state index is 0.252. The second kappa shape index (κ2) is 4.91. The summed E-state index contributed by atoms with van der Waals surface area (Å²) in [5.74, 6) is 7.55. The molecule has 0 aliphatic carbocycles. The highest BCUT2D eigenvalue weighted by Crippen LogP contribution is 2.29. The van der Waals surface area contributed by atoms with E-state index in [1.54, 1.807) is 7.05 Å². The molecule has 2 heterocycles. The van der Waals surface area contributed by atoms with Crippen LogP contribution in [0.15, 0.2) is 0 Å². The first-order valence-electron chi connectivity index (χ1n) is 5.10. The lowest BCUT2D eigenvalue weighted by molar-refractivity contribution is 0.485. The van der Waals surface area contributed by atoms with Crippen molar-refractivity contribution in [2.75, 3.05) is 5.75 Å². The van der Waals surface area contributed by atoms with Crippen LogP contribution in [0.3, 0.4) is 0 Å². The van der Waals surface area contributed by atoms with Gasteiger partial charge in [0.25, 0.3) is 0 Å². The first kappa shape index (κ1) is 10.8. The maximum atomic E-state index is 5.56. The second-order valence-corrected chi connectivity index (χ2v) is 5.07. The first-order valence-corrected chi connectivity index (χ1v) is 6.15. The molecule has 6 nitrogen and oxygen atoms in total. The Morgan fingerprint density at radius 3 is 3.13 bits per heavy atom. The fourth-order valence-corrected chi connectivity index (χ4v) is 3.20. The molecule has 1 fully saturated rings. The van der Waals surface area contributed by atoms with Crippen LogP contribution in [-0.2, 0) is 13.5 Å². The van der Waals surface area contributed by atoms with E-state index in [-0.39, 0.29) is 6.04 Å². The predicted molar refractivity (Wildman–Crippen MR) is 59.1 cm³/mol. The van der Waals surface area contributed by atoms with Crippen LogP contribution in [0.1, 0.15) is 18.7 Å². The Morgan fingerprint density at radius 2 is 2.60 bits per heavy atom. The standard InChI is InChI=1S/C8H16N6S/c1-14-12-8(11-13-14)5-6(10-9)7-3-2-4-15-7/h6-7,10H,2-5,9H2,1H3. The Labute approximate surface area is 92.9 Å². The van der Waals surface area contributed by atoms with Gasteiger partial charge in [0.15, 0.2) is 5.82 Å². The number of nitrogens with one attached hydrogen (secondary N) is 1. The van der Waals surface area contributed by atoms with Crippen molar-refractivity contribution in [3.63, 3.8) is 0 Å². The predicted octanol–water partition coefficient (Wildman–Crippen LogP) is -0.520. The lowest BCUT2D eigenvalue weighted by Gasteiger charge is -2.20. The van der Waals surface area contributed by atoms with Gasteiger partial charge in [0.1, 0.15) is 0 Å². The van der Waals surface area contributed by atoms with Crippen LogP contribution >= 0.6 is 11.8 Å². The zero-order valence-corrected chi connectivity index (χ0v) is 9.57. The summed E-state index contributed by atoms with van der Waals surface area (Å²) in [5.41, 5.74) is 2.86. The lowest BCUT2D eigenvalue weighted by Crippen LogP contribution is -2.43. The number of aryl methyl sites for hydroxylation is 1. The van der Waals surface area contributed by atoms with Gasteiger partial charge in [-0.25, -0.2) is 0 Å². The van der Waals surface area contributed by atoms with E-state index in [9.17, 15) is 0 Å². The first-order chi connectivity index (χ1) is 7.29. The smallest absolute Gasteiger partial charge is 0.176 e. The van der Waals surface area contributed by atoms with Gasteiger partial charge in [0.2, 0.25) is 0 Å². The van der Waals surface area contributed by atoms with Crippen LogP contribution in [0.5, 0.6) is 0 Å². The largest absolute Gasteiger partial charge is 0.271 e. The number of hydrazine groups is 1. The van der Waals surface area contributed by atoms with E-state index in [1.807, 2.05) is 11.8 Å². The number of thioether (sulfide) groups is 1. The molecule has 1 aliphatic heterocycles. The molecule has 2 rings (SSSR count). The Hall–Kier alpha value is -0.660. The Morgan fingerprint density at radius 1 is 1.73 bits per heavy atom. The molecule has 1 saturated heterocycles. The fraction of sp³-hybridized carbons (Fsp3) is 0.875. The van der Waals surface area contributed by atoms with Crippen molar-refractivity contribution in [2.45, 2.75) is 30.6 Å². The van der Waals surface area contributed by atoms with E-state index in [2.05, 4.69) is 20.8 Å². The number of nitrogens with two attached hydrogens (primary N) is 1. The molecule has 0 radical (unpaired) electrons. The third-order valence-corrected chi connectivity index (χ3v) is 4.10. The topological polar surface area (TPSA) is 81.7 Å². The number of hydrogen-bond acceptors (Lipinski definition) is 6. The average Bonchev–Trinajstić information content (AvgIpc) is 2.85. The summed E-state index contributed by atoms with van der Waals surface area (Å²) in [6, 6.07) is 0.252. The lowest BCUT2D eigenvalue weighted by atomic mass is 10.1. The molecule has 1 aromatic rings. The van der Waals surface area contributed by atoms with Crippen LogP contribution in [0.25, 0.3) is 0 Å². The zero-order chi connectivity index (χ0) is 10.7. The van der Waals surface area contributed by atoms with E-state index >= 15 is 0 Å². The maximum Gasteiger partial charge on any atom is 0.176 e. The maximum absolute atomic E-state index is 5.56. The highest BCUT2D eigenvalue weighted by atomic mass is 32.2. The second-order valence-electron chi connectivity index (χ2n) is 3.72. The van der Waals surface area contributed by atoms with E-state index < -0.39 is 0 Å². The van der Waals surface area contributed by atoms with Crippen LogP contribution in [0, 0.1) is 0 Å². The van der Waals surface area contributed by atoms with Gasteiger partial charge in [-0.15, -0.1) is 10.2 Å². The quantitative estimate of drug-likeness (QED) is 0.533. The summed E-state index contributed by atoms with van der Waals surface area (Å²) in [6.45, 7) is 0. The molecule has 0 saturated carbocycles. The third-order valence-electron chi connectivity index (χ3n) is 2.58. The van der Waals surface area contributed by atoms with Crippen LogP contribution in [0.2, 0.25) is 0 Å². The van der Waals surface area contributed by atoms with Gasteiger partial charge < -0.3 is 0 Å². The van der Waals surface area contributed by atoms with Crippen molar-refractivity contribution >= 4 is 11.8 Å². The number of nitrogens with zero attached hydrogens (tertiary/aromatic N) is 4. The van der Waals surface area contributed by atoms with Crippen LogP contribution in [-0.4, -0.2) is 37.3 Å². The molecule has 84 valence electrons. The van der Waals surface area contributed by atoms with E-state index in [1.165, 1.54) is 23.4 Å². The molecule has 0 bridgehead atoms. The number of hydrogen-bond donors (Lipinski definition) is 2. The SMILES string of the molecule is Cn1nnc(CC(NN)C2CCCS2)n1. The summed E-state index contributed by atoms with van der Waals surface area (Å²) < 4.78 is 0. The summed E-state index contributed by atoms with van der Waals surface area (Å²) in [7, 11) is 1.77. The molecule has 3 N–H and O–H groups in total. The van der Waals surface area contributed by atoms with Gasteiger partial charge in [0.05, 0.1) is 7.05 Å². The summed E-state index contributed by atoms with van der Waals surface area (Å²) in [5, 5.41) is 12.5. The van der Waals surface area contributed by atoms with Crippen LogP contribution < -0.4 is 11.3 Å². The molecule has 0 spiro atoms. The molecule has 2 unspecified atom stereocenters. The Bertz CT molecular complexity index is 308. The molecular weight excluding hydrogens is 212 g/mol. The van der Waals surface area contributed by atoms with Crippen molar-refractivity contribution in [2.24, 2.45) is 12.9 Å². The number of rotatable bonds is 4. The highest BCUT2D eigenvalue weighted by Gasteiger charge is 2.26. The van der Waals surface area contributed by atoms with Crippen molar-refractivity contribution in [1.82, 2.24) is 25.6 Å². The van der Waals surface area contributed by atoms with Gasteiger partial charge in [0, 0.05) is 17.7 Å². The Balaban J connectivity index is 1.95. The minimum absolute atomic E-state index is 0.252. The summed E-state index contributed by atoms with van der Waals surface area (Å²) >= 11 is 1.98. The van der Waals surface area contributed by atoms with Gasteiger partial charge in [-0.3, -0.25) is 11.3 Å². The van der Waals surface area contributed by atoms with Gasteiger partial charge in [-0.1, -0.05) is 0 Å². The molecule has 2 atom stereocenters. The van der Waals surface area contributed by atoms with E-state index in [0.29, 0.717) is 5.25 Å². The van der Waals surface area contributed by atoms with Gasteiger partial charge >= 0.3 is 0 Å². The van der Waals surface area contributed by atoms with Crippen molar-refractivity contribution in [1.29, 1.82) is 0 Å². The summed E-state index contributed by atoms with van der Waals surface area (Å²) in [6.07, 6.45) is 3.25. The molecule has 1 aliphatic rings. The summed E-state index contributed by atoms with van der Waals surface area (Å²) in [4.78, 5) is 1.48. The fourth-order valence-electron chi connectivity index (χ4n) is 1.82.